The molecule has 3 aromatic heterocycles. The van der Waals surface area contributed by atoms with Crippen LogP contribution >= 0.6 is 11.3 Å². The molecule has 0 aliphatic carbocycles. The van der Waals surface area contributed by atoms with Crippen LogP contribution < -0.4 is 0 Å². The Morgan fingerprint density at radius 1 is 1.36 bits per heavy atom. The number of hydrogen-bond donors (Lipinski definition) is 0. The predicted molar refractivity (Wildman–Crippen MR) is 81.1 cm³/mol. The first kappa shape index (κ1) is 14.9. The molecule has 0 saturated carbocycles. The summed E-state index contributed by atoms with van der Waals surface area (Å²) >= 11 is 1.42. The zero-order valence-corrected chi connectivity index (χ0v) is 13.7. The van der Waals surface area contributed by atoms with E-state index < -0.39 is 9.84 Å². The van der Waals surface area contributed by atoms with Crippen LogP contribution in [0.1, 0.15) is 17.6 Å². The van der Waals surface area contributed by atoms with Gasteiger partial charge in [-0.05, 0) is 26.0 Å². The van der Waals surface area contributed by atoms with Gasteiger partial charge in [0.05, 0.1) is 17.0 Å². The van der Waals surface area contributed by atoms with Crippen LogP contribution in [0, 0.1) is 6.92 Å². The van der Waals surface area contributed by atoms with Crippen molar-refractivity contribution in [1.82, 2.24) is 19.7 Å². The van der Waals surface area contributed by atoms with Crippen LogP contribution in [0.3, 0.4) is 0 Å². The summed E-state index contributed by atoms with van der Waals surface area (Å²) in [5, 5.41) is 10.3. The Morgan fingerprint density at radius 2 is 2.18 bits per heavy atom. The Bertz CT molecular complexity index is 878. The molecule has 0 amide bonds. The molecule has 0 aliphatic heterocycles. The van der Waals surface area contributed by atoms with Gasteiger partial charge in [0.2, 0.25) is 20.8 Å². The van der Waals surface area contributed by atoms with Crippen molar-refractivity contribution in [3.63, 3.8) is 0 Å². The number of aryl methyl sites for hydroxylation is 1. The van der Waals surface area contributed by atoms with E-state index in [4.69, 9.17) is 4.42 Å². The summed E-state index contributed by atoms with van der Waals surface area (Å²) in [6.07, 6.45) is 1.51. The lowest BCUT2D eigenvalue weighted by atomic mass is 10.4. The van der Waals surface area contributed by atoms with E-state index in [1.54, 1.807) is 17.5 Å². The molecule has 0 saturated heterocycles. The van der Waals surface area contributed by atoms with Crippen molar-refractivity contribution in [1.29, 1.82) is 0 Å². The summed E-state index contributed by atoms with van der Waals surface area (Å²) in [5.74, 6) is 0.703. The largest absolute Gasteiger partial charge is 0.461 e. The first-order valence-corrected chi connectivity index (χ1v) is 9.15. The van der Waals surface area contributed by atoms with E-state index in [9.17, 15) is 8.42 Å². The fourth-order valence-corrected chi connectivity index (χ4v) is 4.23. The van der Waals surface area contributed by atoms with Gasteiger partial charge in [0.1, 0.15) is 5.75 Å². The Morgan fingerprint density at radius 3 is 2.77 bits per heavy atom. The third-order valence-electron chi connectivity index (χ3n) is 3.06. The summed E-state index contributed by atoms with van der Waals surface area (Å²) in [4.78, 5) is 4.20. The van der Waals surface area contributed by atoms with Gasteiger partial charge >= 0.3 is 0 Å². The molecule has 0 fully saturated rings. The van der Waals surface area contributed by atoms with E-state index in [1.807, 2.05) is 13.8 Å². The van der Waals surface area contributed by atoms with Crippen molar-refractivity contribution in [2.45, 2.75) is 31.3 Å². The number of thiazole rings is 1. The summed E-state index contributed by atoms with van der Waals surface area (Å²) in [7, 11) is -3.62. The van der Waals surface area contributed by atoms with Crippen molar-refractivity contribution in [2.75, 3.05) is 0 Å². The Kier molecular flexibility index (Phi) is 3.83. The molecule has 116 valence electrons. The Labute approximate surface area is 131 Å². The molecule has 3 heterocycles. The van der Waals surface area contributed by atoms with Crippen molar-refractivity contribution in [3.05, 3.63) is 34.5 Å². The maximum absolute atomic E-state index is 12.6. The SMILES string of the molecule is CCn1c(-c2ccco2)nnc1S(=O)(=O)Cc1csc(C)n1. The van der Waals surface area contributed by atoms with E-state index in [0.717, 1.165) is 5.01 Å². The number of furan rings is 1. The molecule has 0 spiro atoms. The predicted octanol–water partition coefficient (Wildman–Crippen LogP) is 2.30. The van der Waals surface area contributed by atoms with Crippen molar-refractivity contribution in [3.8, 4) is 11.6 Å². The third-order valence-corrected chi connectivity index (χ3v) is 5.41. The van der Waals surface area contributed by atoms with Gasteiger partial charge in [-0.1, -0.05) is 0 Å². The van der Waals surface area contributed by atoms with Gasteiger partial charge in [0.25, 0.3) is 0 Å². The number of rotatable bonds is 5. The van der Waals surface area contributed by atoms with Crippen LogP contribution in [0.4, 0.5) is 0 Å². The first-order chi connectivity index (χ1) is 10.5. The minimum absolute atomic E-state index is 0.0629. The lowest BCUT2D eigenvalue weighted by molar-refractivity contribution is 0.555. The van der Waals surface area contributed by atoms with E-state index in [-0.39, 0.29) is 10.9 Å². The highest BCUT2D eigenvalue weighted by Crippen LogP contribution is 2.23. The summed E-state index contributed by atoms with van der Waals surface area (Å²) in [5.41, 5.74) is 0.521. The van der Waals surface area contributed by atoms with Gasteiger partial charge in [0.15, 0.2) is 5.76 Å². The lowest BCUT2D eigenvalue weighted by Crippen LogP contribution is -2.13. The molecule has 0 aromatic carbocycles. The summed E-state index contributed by atoms with van der Waals surface area (Å²) in [6, 6.07) is 3.44. The van der Waals surface area contributed by atoms with E-state index in [2.05, 4.69) is 15.2 Å². The van der Waals surface area contributed by atoms with Gasteiger partial charge in [0, 0.05) is 11.9 Å². The van der Waals surface area contributed by atoms with Gasteiger partial charge in [-0.2, -0.15) is 0 Å². The second-order valence-electron chi connectivity index (χ2n) is 4.64. The van der Waals surface area contributed by atoms with Crippen LogP contribution in [0.2, 0.25) is 0 Å². The number of nitrogens with zero attached hydrogens (tertiary/aromatic N) is 4. The van der Waals surface area contributed by atoms with E-state index in [1.165, 1.54) is 22.2 Å². The normalized spacial score (nSPS) is 11.9. The minimum atomic E-state index is -3.62. The average molecular weight is 338 g/mol. The van der Waals surface area contributed by atoms with Gasteiger partial charge in [-0.3, -0.25) is 4.57 Å². The van der Waals surface area contributed by atoms with Crippen molar-refractivity contribution < 1.29 is 12.8 Å². The first-order valence-electron chi connectivity index (χ1n) is 6.62. The lowest BCUT2D eigenvalue weighted by Gasteiger charge is -2.06. The van der Waals surface area contributed by atoms with Crippen LogP contribution in [0.5, 0.6) is 0 Å². The second-order valence-corrected chi connectivity index (χ2v) is 7.59. The standard InChI is InChI=1S/C13H14N4O3S2/c1-3-17-12(11-5-4-6-20-11)15-16-13(17)22(18,19)8-10-7-21-9(2)14-10/h4-7H,3,8H2,1-2H3. The molecule has 7 nitrogen and oxygen atoms in total. The smallest absolute Gasteiger partial charge is 0.250 e. The van der Waals surface area contributed by atoms with E-state index >= 15 is 0 Å². The van der Waals surface area contributed by atoms with Crippen LogP contribution in [0.15, 0.2) is 33.3 Å². The number of aromatic nitrogens is 4. The van der Waals surface area contributed by atoms with Gasteiger partial charge in [-0.25, -0.2) is 13.4 Å². The highest BCUT2D eigenvalue weighted by Gasteiger charge is 2.26. The molecule has 0 unspecified atom stereocenters. The molecular weight excluding hydrogens is 324 g/mol. The maximum Gasteiger partial charge on any atom is 0.250 e. The molecule has 9 heteroatoms. The van der Waals surface area contributed by atoms with Crippen LogP contribution in [-0.4, -0.2) is 28.2 Å². The zero-order valence-electron chi connectivity index (χ0n) is 12.1. The maximum atomic E-state index is 12.6. The Hall–Kier alpha value is -2.00. The molecule has 0 bridgehead atoms. The van der Waals surface area contributed by atoms with Crippen LogP contribution in [0.25, 0.3) is 11.6 Å². The molecular formula is C13H14N4O3S2. The van der Waals surface area contributed by atoms with Crippen LogP contribution in [-0.2, 0) is 22.1 Å². The Balaban J connectivity index is 2.00. The quantitative estimate of drug-likeness (QED) is 0.709. The molecule has 0 aliphatic rings. The summed E-state index contributed by atoms with van der Waals surface area (Å²) < 4.78 is 32.0. The average Bonchev–Trinajstić information content (AvgIpc) is 3.16. The molecule has 0 radical (unpaired) electrons. The van der Waals surface area contributed by atoms with Gasteiger partial charge in [-0.15, -0.1) is 21.5 Å². The molecule has 3 rings (SSSR count). The molecule has 3 aromatic rings. The number of sulfone groups is 1. The minimum Gasteiger partial charge on any atom is -0.461 e. The van der Waals surface area contributed by atoms with Gasteiger partial charge < -0.3 is 4.42 Å². The monoisotopic (exact) mass is 338 g/mol. The van der Waals surface area contributed by atoms with E-state index in [0.29, 0.717) is 23.8 Å². The highest BCUT2D eigenvalue weighted by molar-refractivity contribution is 7.90. The fourth-order valence-electron chi connectivity index (χ4n) is 2.13. The zero-order chi connectivity index (χ0) is 15.7. The van der Waals surface area contributed by atoms with Crippen molar-refractivity contribution >= 4 is 21.2 Å². The second kappa shape index (κ2) is 5.65. The molecule has 0 atom stereocenters. The molecule has 22 heavy (non-hydrogen) atoms. The molecule has 0 N–H and O–H groups in total. The topological polar surface area (TPSA) is 90.9 Å². The fraction of sp³-hybridized carbons (Fsp3) is 0.308. The van der Waals surface area contributed by atoms with Crippen molar-refractivity contribution in [2.24, 2.45) is 0 Å². The number of hydrogen-bond acceptors (Lipinski definition) is 7. The highest BCUT2D eigenvalue weighted by atomic mass is 32.2. The third kappa shape index (κ3) is 2.69. The summed E-state index contributed by atoms with van der Waals surface area (Å²) in [6.45, 7) is 4.10.